The fourth-order valence-electron chi connectivity index (χ4n) is 11.6. The molecule has 92 heavy (non-hydrogen) atoms. The first-order chi connectivity index (χ1) is 44.2. The van der Waals surface area contributed by atoms with Crippen LogP contribution in [-0.2, 0) is 90.4 Å². The molecule has 0 aromatic carbocycles. The number of hydrogen-bond donors (Lipinski definition) is 8. The van der Waals surface area contributed by atoms with Crippen LogP contribution < -0.4 is 33.6 Å². The summed E-state index contributed by atoms with van der Waals surface area (Å²) in [6.07, 6.45) is 2.25. The molecule has 12 N–H and O–H groups in total. The van der Waals surface area contributed by atoms with Crippen molar-refractivity contribution in [1.29, 1.82) is 0 Å². The van der Waals surface area contributed by atoms with Gasteiger partial charge in [0.25, 0.3) is 0 Å². The van der Waals surface area contributed by atoms with Crippen LogP contribution in [-0.4, -0.2) is 250 Å². The van der Waals surface area contributed by atoms with Crippen LogP contribution in [0.1, 0.15) is 126 Å². The van der Waals surface area contributed by atoms with E-state index in [9.17, 15) is 43.8 Å². The van der Waals surface area contributed by atoms with Crippen molar-refractivity contribution >= 4 is 53.5 Å². The van der Waals surface area contributed by atoms with E-state index in [-0.39, 0.29) is 173 Å². The van der Waals surface area contributed by atoms with Gasteiger partial charge in [-0.3, -0.25) is 33.6 Å². The Hall–Kier alpha value is -5.57. The van der Waals surface area contributed by atoms with Crippen molar-refractivity contribution in [2.24, 2.45) is 68.4 Å². The third-order valence-corrected chi connectivity index (χ3v) is 16.0. The van der Waals surface area contributed by atoms with E-state index in [1.165, 1.54) is 13.8 Å². The molecule has 0 aromatic heterocycles. The van der Waals surface area contributed by atoms with Gasteiger partial charge in [0, 0.05) is 83.5 Å². The molecule has 10 atom stereocenters. The highest BCUT2D eigenvalue weighted by Crippen LogP contribution is 2.43. The maximum atomic E-state index is 13.3. The minimum Gasteiger partial charge on any atom is -0.481 e. The van der Waals surface area contributed by atoms with Crippen LogP contribution in [0.5, 0.6) is 0 Å². The number of carboxylic acids is 2. The highest BCUT2D eigenvalue weighted by atomic mass is 16.6. The van der Waals surface area contributed by atoms with Crippen molar-refractivity contribution in [2.75, 3.05) is 145 Å². The van der Waals surface area contributed by atoms with E-state index < -0.39 is 83.9 Å². The standard InChI is InChI=1S/C62H113N9O21/c1-8-20-81-26-32-87-38-39-90-35-29-84-23-17-50(74)71(18-24-85-30-36-88-33-27-82-21-13-15-51(75)91-57-46(59(77)78)40-48(69-61(63)64)53(57)55(67-42(6)72)44(9-2)10-3)19-25-86-31-37-89-34-28-83-22-14-16-52(76)92-58-47(60(79)80)41-49(70-62(65)66)54(58)56(68-43(7)73)45(11-4)12-5/h44-49,53-58H,8-41H2,1-7H3,(H,67,72)(H,68,73)(H,77,78)(H,79,80)(H4,63,64,69)(H4,65,66,70)/t46-,47-,48-,49+,53+,54+,55+,56+,57+,58+/m0/s1. The van der Waals surface area contributed by atoms with Crippen molar-refractivity contribution < 1.29 is 101 Å². The average Bonchev–Trinajstić information content (AvgIpc) is 1.64. The molecule has 0 bridgehead atoms. The second kappa shape index (κ2) is 49.9. The Labute approximate surface area is 543 Å². The van der Waals surface area contributed by atoms with Crippen molar-refractivity contribution in [3.8, 4) is 0 Å². The zero-order valence-electron chi connectivity index (χ0n) is 55.8. The molecule has 2 fully saturated rings. The highest BCUT2D eigenvalue weighted by Gasteiger charge is 2.55. The molecule has 0 unspecified atom stereocenters. The lowest BCUT2D eigenvalue weighted by Crippen LogP contribution is -2.51. The molecule has 2 saturated carbocycles. The number of guanidine groups is 2. The lowest BCUT2D eigenvalue weighted by atomic mass is 9.80. The zero-order chi connectivity index (χ0) is 68.1. The van der Waals surface area contributed by atoms with Gasteiger partial charge in [-0.15, -0.1) is 0 Å². The first kappa shape index (κ1) is 82.5. The lowest BCUT2D eigenvalue weighted by molar-refractivity contribution is -0.162. The van der Waals surface area contributed by atoms with Crippen LogP contribution in [0.2, 0.25) is 0 Å². The zero-order valence-corrected chi connectivity index (χ0v) is 55.8. The summed E-state index contributed by atoms with van der Waals surface area (Å²) >= 11 is 0. The van der Waals surface area contributed by atoms with E-state index in [0.717, 1.165) is 6.42 Å². The number of carbonyl (C=O) groups excluding carboxylic acids is 5. The second-order valence-electron chi connectivity index (χ2n) is 22.7. The molecule has 2 aliphatic carbocycles. The summed E-state index contributed by atoms with van der Waals surface area (Å²) in [6, 6.07) is -2.46. The smallest absolute Gasteiger partial charge is 0.310 e. The van der Waals surface area contributed by atoms with Crippen LogP contribution in [0.3, 0.4) is 0 Å². The molecular weight excluding hydrogens is 1210 g/mol. The van der Waals surface area contributed by atoms with E-state index in [1.807, 2.05) is 34.6 Å². The number of ether oxygens (including phenoxy) is 12. The molecule has 2 aliphatic rings. The number of nitrogens with two attached hydrogens (primary N) is 4. The minimum absolute atomic E-state index is 0.0336. The molecule has 0 aromatic rings. The number of aliphatic carboxylic acids is 2. The summed E-state index contributed by atoms with van der Waals surface area (Å²) in [5.74, 6) is -8.33. The Morgan fingerprint density at radius 3 is 1.04 bits per heavy atom. The van der Waals surface area contributed by atoms with Gasteiger partial charge in [-0.25, -0.2) is 9.98 Å². The number of rotatable bonds is 56. The van der Waals surface area contributed by atoms with Gasteiger partial charge < -0.3 is 106 Å². The number of amides is 3. The summed E-state index contributed by atoms with van der Waals surface area (Å²) in [6.45, 7) is 19.6. The Morgan fingerprint density at radius 2 is 0.750 bits per heavy atom. The third-order valence-electron chi connectivity index (χ3n) is 16.0. The second-order valence-corrected chi connectivity index (χ2v) is 22.7. The normalized spacial score (nSPS) is 20.1. The van der Waals surface area contributed by atoms with Gasteiger partial charge in [0.15, 0.2) is 11.9 Å². The van der Waals surface area contributed by atoms with Crippen molar-refractivity contribution in [3.63, 3.8) is 0 Å². The quantitative estimate of drug-likeness (QED) is 0.0186. The summed E-state index contributed by atoms with van der Waals surface area (Å²) in [5.41, 5.74) is 23.0. The molecule has 2 rings (SSSR count). The summed E-state index contributed by atoms with van der Waals surface area (Å²) in [7, 11) is 0. The van der Waals surface area contributed by atoms with E-state index in [0.29, 0.717) is 84.8 Å². The largest absolute Gasteiger partial charge is 0.481 e. The number of carboxylic acid groups (broad SMARTS) is 2. The lowest BCUT2D eigenvalue weighted by Gasteiger charge is -2.36. The molecule has 30 heteroatoms. The van der Waals surface area contributed by atoms with Crippen molar-refractivity contribution in [3.05, 3.63) is 0 Å². The fraction of sp³-hybridized carbons (Fsp3) is 0.855. The molecule has 0 spiro atoms. The Bertz CT molecular complexity index is 2010. The maximum Gasteiger partial charge on any atom is 0.310 e. The number of nitrogens with zero attached hydrogens (tertiary/aromatic N) is 3. The van der Waals surface area contributed by atoms with Gasteiger partial charge in [-0.05, 0) is 43.9 Å². The minimum atomic E-state index is -1.15. The predicted molar refractivity (Wildman–Crippen MR) is 339 cm³/mol. The summed E-state index contributed by atoms with van der Waals surface area (Å²) in [4.78, 5) is 99.6. The van der Waals surface area contributed by atoms with Gasteiger partial charge in [0.1, 0.15) is 12.2 Å². The van der Waals surface area contributed by atoms with Crippen LogP contribution in [0.4, 0.5) is 0 Å². The topological polar surface area (TPSA) is 427 Å². The van der Waals surface area contributed by atoms with E-state index >= 15 is 0 Å². The molecular formula is C62H113N9O21. The number of nitrogens with one attached hydrogen (secondary N) is 2. The van der Waals surface area contributed by atoms with Crippen LogP contribution in [0.15, 0.2) is 9.98 Å². The Kier molecular flexibility index (Phi) is 44.8. The fourth-order valence-corrected chi connectivity index (χ4v) is 11.6. The Balaban J connectivity index is 1.78. The van der Waals surface area contributed by atoms with Crippen molar-refractivity contribution in [2.45, 2.75) is 162 Å². The molecule has 0 saturated heterocycles. The third kappa shape index (κ3) is 34.0. The monoisotopic (exact) mass is 1320 g/mol. The number of esters is 2. The van der Waals surface area contributed by atoms with Gasteiger partial charge in [-0.1, -0.05) is 60.3 Å². The average molecular weight is 1320 g/mol. The van der Waals surface area contributed by atoms with E-state index in [2.05, 4.69) is 20.6 Å². The van der Waals surface area contributed by atoms with E-state index in [1.54, 1.807) is 4.90 Å². The van der Waals surface area contributed by atoms with Crippen LogP contribution in [0, 0.1) is 35.5 Å². The molecule has 30 nitrogen and oxygen atoms in total. The predicted octanol–water partition coefficient (Wildman–Crippen LogP) is 1.77. The Morgan fingerprint density at radius 1 is 0.446 bits per heavy atom. The number of aliphatic imine (C=N–C) groups is 2. The van der Waals surface area contributed by atoms with E-state index in [4.69, 9.17) is 79.8 Å². The number of hydrogen-bond acceptors (Lipinski definition) is 21. The van der Waals surface area contributed by atoms with Gasteiger partial charge in [-0.2, -0.15) is 0 Å². The molecule has 532 valence electrons. The molecule has 3 amide bonds. The number of carbonyl (C=O) groups is 7. The van der Waals surface area contributed by atoms with Gasteiger partial charge in [0.2, 0.25) is 17.7 Å². The van der Waals surface area contributed by atoms with Crippen molar-refractivity contribution in [1.82, 2.24) is 15.5 Å². The maximum absolute atomic E-state index is 13.3. The molecule has 0 aliphatic heterocycles. The van der Waals surface area contributed by atoms with Crippen LogP contribution in [0.25, 0.3) is 0 Å². The summed E-state index contributed by atoms with van der Waals surface area (Å²) in [5, 5.41) is 26.3. The first-order valence-corrected chi connectivity index (χ1v) is 32.9. The molecule has 0 radical (unpaired) electrons. The summed E-state index contributed by atoms with van der Waals surface area (Å²) < 4.78 is 68.1. The molecule has 0 heterocycles. The van der Waals surface area contributed by atoms with Gasteiger partial charge in [0.05, 0.1) is 143 Å². The van der Waals surface area contributed by atoms with Gasteiger partial charge >= 0.3 is 23.9 Å². The SMILES string of the molecule is CCCOCCOCCOCCOCCC(=O)N(CCOCCOCCOCCCC(=O)O[C@H]1[C@@H]([C@H](NC(C)=O)C(CC)CC)[C@@H](N=C(N)N)C[C@@H]1C(=O)O)CCOCCOCCOCCCC(=O)O[C@H]1[C@@H]([C@H](NC(C)=O)C(CC)CC)[C@H](N=C(N)N)C[C@@H]1C(=O)O. The first-order valence-electron chi connectivity index (χ1n) is 32.9. The van der Waals surface area contributed by atoms with Crippen LogP contribution >= 0.6 is 0 Å². The highest BCUT2D eigenvalue weighted by molar-refractivity contribution is 5.79.